The van der Waals surface area contributed by atoms with Gasteiger partial charge in [-0.1, -0.05) is 0 Å². The number of carbonyl (C=O) groups excluding carboxylic acids is 1. The predicted octanol–water partition coefficient (Wildman–Crippen LogP) is 2.36. The quantitative estimate of drug-likeness (QED) is 0.427. The van der Waals surface area contributed by atoms with Crippen LogP contribution in [-0.4, -0.2) is 26.9 Å². The Bertz CT molecular complexity index is 852. The maximum atomic E-state index is 11.8. The lowest BCUT2D eigenvalue weighted by Gasteiger charge is -2.05. The predicted molar refractivity (Wildman–Crippen MR) is 82.0 cm³/mol. The summed E-state index contributed by atoms with van der Waals surface area (Å²) in [5.74, 6) is -0.974. The minimum absolute atomic E-state index is 0.0650. The minimum Gasteiger partial charge on any atom is -0.395 e. The van der Waals surface area contributed by atoms with Crippen molar-refractivity contribution in [3.05, 3.63) is 58.6 Å². The van der Waals surface area contributed by atoms with E-state index in [1.54, 1.807) is 6.20 Å². The summed E-state index contributed by atoms with van der Waals surface area (Å²) in [5.41, 5.74) is 0.903. The molecule has 8 nitrogen and oxygen atoms in total. The summed E-state index contributed by atoms with van der Waals surface area (Å²) in [4.78, 5) is 26.0. The second-order valence-corrected chi connectivity index (χ2v) is 4.93. The average molecular weight is 314 g/mol. The number of nitrogens with one attached hydrogen (secondary N) is 1. The van der Waals surface area contributed by atoms with E-state index in [1.165, 1.54) is 6.07 Å². The van der Waals surface area contributed by atoms with E-state index in [0.717, 1.165) is 17.1 Å². The van der Waals surface area contributed by atoms with Crippen LogP contribution in [0.5, 0.6) is 0 Å². The fourth-order valence-electron chi connectivity index (χ4n) is 2.29. The Kier molecular flexibility index (Phi) is 4.05. The topological polar surface area (TPSA) is 103 Å². The maximum absolute atomic E-state index is 11.8. The molecule has 0 fully saturated rings. The van der Waals surface area contributed by atoms with Crippen LogP contribution < -0.4 is 5.32 Å². The maximum Gasteiger partial charge on any atom is 0.433 e. The molecule has 3 heterocycles. The molecule has 0 aliphatic heterocycles. The van der Waals surface area contributed by atoms with Gasteiger partial charge in [-0.3, -0.25) is 14.9 Å². The van der Waals surface area contributed by atoms with E-state index in [1.807, 2.05) is 29.0 Å². The Balaban J connectivity index is 1.51. The van der Waals surface area contributed by atoms with Crippen molar-refractivity contribution in [2.75, 3.05) is 6.54 Å². The lowest BCUT2D eigenvalue weighted by Crippen LogP contribution is -2.24. The molecule has 3 rings (SSSR count). The summed E-state index contributed by atoms with van der Waals surface area (Å²) in [6.07, 6.45) is 4.40. The number of hydrogen-bond donors (Lipinski definition) is 1. The number of nitro groups is 1. The number of rotatable bonds is 6. The molecule has 1 amide bonds. The Hall–Kier alpha value is -3.16. The third-order valence-corrected chi connectivity index (χ3v) is 3.38. The molecule has 0 radical (unpaired) electrons. The van der Waals surface area contributed by atoms with Crippen molar-refractivity contribution in [2.45, 2.75) is 13.0 Å². The van der Waals surface area contributed by atoms with Crippen molar-refractivity contribution in [3.63, 3.8) is 0 Å². The van der Waals surface area contributed by atoms with Gasteiger partial charge in [-0.15, -0.1) is 0 Å². The van der Waals surface area contributed by atoms with E-state index in [-0.39, 0.29) is 5.76 Å². The Labute approximate surface area is 130 Å². The van der Waals surface area contributed by atoms with Crippen molar-refractivity contribution in [2.24, 2.45) is 0 Å². The first kappa shape index (κ1) is 14.8. The van der Waals surface area contributed by atoms with Crippen LogP contribution in [0.2, 0.25) is 0 Å². The number of amides is 1. The molecule has 0 saturated heterocycles. The van der Waals surface area contributed by atoms with Crippen molar-refractivity contribution >= 4 is 22.8 Å². The first-order valence-electron chi connectivity index (χ1n) is 7.07. The molecule has 0 aliphatic rings. The Morgan fingerprint density at radius 1 is 1.35 bits per heavy atom. The van der Waals surface area contributed by atoms with E-state index < -0.39 is 16.7 Å². The van der Waals surface area contributed by atoms with E-state index in [0.29, 0.717) is 19.5 Å². The van der Waals surface area contributed by atoms with E-state index in [4.69, 9.17) is 4.42 Å². The van der Waals surface area contributed by atoms with Gasteiger partial charge >= 0.3 is 5.88 Å². The highest BCUT2D eigenvalue weighted by atomic mass is 16.6. The molecule has 0 aromatic carbocycles. The first-order valence-corrected chi connectivity index (χ1v) is 7.07. The second kappa shape index (κ2) is 6.30. The number of furan rings is 1. The van der Waals surface area contributed by atoms with E-state index in [2.05, 4.69) is 10.3 Å². The molecule has 0 atom stereocenters. The highest BCUT2D eigenvalue weighted by Gasteiger charge is 2.16. The summed E-state index contributed by atoms with van der Waals surface area (Å²) in [7, 11) is 0. The van der Waals surface area contributed by atoms with Gasteiger partial charge in [0.05, 0.1) is 6.07 Å². The van der Waals surface area contributed by atoms with Gasteiger partial charge in [0.2, 0.25) is 0 Å². The molecular weight excluding hydrogens is 300 g/mol. The van der Waals surface area contributed by atoms with Crippen LogP contribution in [0.3, 0.4) is 0 Å². The van der Waals surface area contributed by atoms with Gasteiger partial charge in [-0.25, -0.2) is 4.98 Å². The monoisotopic (exact) mass is 314 g/mol. The molecule has 3 aromatic rings. The molecule has 118 valence electrons. The zero-order valence-electron chi connectivity index (χ0n) is 12.1. The van der Waals surface area contributed by atoms with Gasteiger partial charge in [0, 0.05) is 30.9 Å². The second-order valence-electron chi connectivity index (χ2n) is 4.93. The molecule has 0 saturated carbocycles. The van der Waals surface area contributed by atoms with Crippen LogP contribution in [-0.2, 0) is 6.54 Å². The summed E-state index contributed by atoms with van der Waals surface area (Å²) in [6, 6.07) is 8.31. The Morgan fingerprint density at radius 2 is 2.22 bits per heavy atom. The van der Waals surface area contributed by atoms with Crippen LogP contribution in [0, 0.1) is 10.1 Å². The average Bonchev–Trinajstić information content (AvgIpc) is 3.19. The molecule has 0 unspecified atom stereocenters. The van der Waals surface area contributed by atoms with Gasteiger partial charge < -0.3 is 14.3 Å². The molecule has 1 N–H and O–H groups in total. The first-order chi connectivity index (χ1) is 11.1. The summed E-state index contributed by atoms with van der Waals surface area (Å²) >= 11 is 0. The molecule has 8 heteroatoms. The SMILES string of the molecule is O=C(NCCCn1ccc2cccnc21)c1ccc([N+](=O)[O-])o1. The van der Waals surface area contributed by atoms with Gasteiger partial charge in [0.1, 0.15) is 10.6 Å². The highest BCUT2D eigenvalue weighted by Crippen LogP contribution is 2.15. The number of aryl methyl sites for hydroxylation is 1. The number of nitrogens with zero attached hydrogens (tertiary/aromatic N) is 3. The number of pyridine rings is 1. The van der Waals surface area contributed by atoms with E-state index in [9.17, 15) is 14.9 Å². The lowest BCUT2D eigenvalue weighted by molar-refractivity contribution is -0.402. The Morgan fingerprint density at radius 3 is 3.00 bits per heavy atom. The zero-order chi connectivity index (χ0) is 16.2. The van der Waals surface area contributed by atoms with Gasteiger partial charge in [0.15, 0.2) is 5.76 Å². The van der Waals surface area contributed by atoms with Crippen LogP contribution >= 0.6 is 0 Å². The van der Waals surface area contributed by atoms with E-state index >= 15 is 0 Å². The summed E-state index contributed by atoms with van der Waals surface area (Å²) < 4.78 is 6.85. The molecule has 0 bridgehead atoms. The third kappa shape index (κ3) is 3.20. The molecule has 23 heavy (non-hydrogen) atoms. The summed E-state index contributed by atoms with van der Waals surface area (Å²) in [6.45, 7) is 1.14. The van der Waals surface area contributed by atoms with Crippen molar-refractivity contribution in [1.29, 1.82) is 0 Å². The zero-order valence-corrected chi connectivity index (χ0v) is 12.1. The molecule has 0 aliphatic carbocycles. The normalized spacial score (nSPS) is 10.8. The number of hydrogen-bond acceptors (Lipinski definition) is 5. The van der Waals surface area contributed by atoms with Gasteiger partial charge in [-0.05, 0) is 30.7 Å². The number of carbonyl (C=O) groups is 1. The summed E-state index contributed by atoms with van der Waals surface area (Å²) in [5, 5.41) is 14.2. The van der Waals surface area contributed by atoms with Crippen LogP contribution in [0.4, 0.5) is 5.88 Å². The van der Waals surface area contributed by atoms with Crippen molar-refractivity contribution in [3.8, 4) is 0 Å². The number of fused-ring (bicyclic) bond motifs is 1. The highest BCUT2D eigenvalue weighted by molar-refractivity contribution is 5.91. The van der Waals surface area contributed by atoms with Gasteiger partial charge in [0.25, 0.3) is 5.91 Å². The fraction of sp³-hybridized carbons (Fsp3) is 0.200. The molecular formula is C15H14N4O4. The molecule has 0 spiro atoms. The van der Waals surface area contributed by atoms with Crippen LogP contribution in [0.25, 0.3) is 11.0 Å². The largest absolute Gasteiger partial charge is 0.433 e. The third-order valence-electron chi connectivity index (χ3n) is 3.38. The number of aromatic nitrogens is 2. The standard InChI is InChI=1S/C15H14N4O4/c20-15(12-4-5-13(23-12)19(21)22)17-8-2-9-18-10-6-11-3-1-7-16-14(11)18/h1,3-7,10H,2,8-9H2,(H,17,20). The van der Waals surface area contributed by atoms with Gasteiger partial charge in [-0.2, -0.15) is 0 Å². The fourth-order valence-corrected chi connectivity index (χ4v) is 2.29. The van der Waals surface area contributed by atoms with Crippen molar-refractivity contribution < 1.29 is 14.1 Å². The lowest BCUT2D eigenvalue weighted by atomic mass is 10.3. The van der Waals surface area contributed by atoms with Crippen LogP contribution in [0.1, 0.15) is 17.0 Å². The van der Waals surface area contributed by atoms with Crippen molar-refractivity contribution in [1.82, 2.24) is 14.9 Å². The van der Waals surface area contributed by atoms with Crippen LogP contribution in [0.15, 0.2) is 47.1 Å². The molecule has 3 aromatic heterocycles. The minimum atomic E-state index is -0.680. The smallest absolute Gasteiger partial charge is 0.395 e.